The minimum atomic E-state index is -0.154. The van der Waals surface area contributed by atoms with E-state index in [1.807, 2.05) is 30.5 Å². The Morgan fingerprint density at radius 3 is 2.82 bits per heavy atom. The van der Waals surface area contributed by atoms with Crippen molar-refractivity contribution >= 4 is 22.8 Å². The van der Waals surface area contributed by atoms with Crippen LogP contribution in [-0.2, 0) is 11.3 Å². The average Bonchev–Trinajstić information content (AvgIpc) is 3.27. The molecule has 1 fully saturated rings. The van der Waals surface area contributed by atoms with Crippen molar-refractivity contribution in [2.75, 3.05) is 26.3 Å². The molecular formula is C22H21N2O4+. The first-order chi connectivity index (χ1) is 13.7. The van der Waals surface area contributed by atoms with Crippen molar-refractivity contribution in [2.24, 2.45) is 0 Å². The van der Waals surface area contributed by atoms with Crippen LogP contribution in [0.25, 0.3) is 17.0 Å². The van der Waals surface area contributed by atoms with Crippen LogP contribution in [0, 0.1) is 0 Å². The Labute approximate surface area is 162 Å². The third kappa shape index (κ3) is 2.87. The number of hydrogen-bond donors (Lipinski definition) is 3. The third-order valence-corrected chi connectivity index (χ3v) is 5.45. The standard InChI is InChI=1S/C22H20N2O4/c25-19-6-5-16-21(26)20(11-14-12-23-18-4-2-1-3-15(14)18)28-22(16)17(19)13-24-7-9-27-10-8-24/h1-6,11-12,23,25H,7-10,13H2/p+1/b20-11+. The number of ketones is 1. The van der Waals surface area contributed by atoms with Gasteiger partial charge in [-0.3, -0.25) is 4.79 Å². The van der Waals surface area contributed by atoms with Crippen LogP contribution < -0.4 is 9.64 Å². The Balaban J connectivity index is 1.50. The summed E-state index contributed by atoms with van der Waals surface area (Å²) in [6.45, 7) is 3.75. The molecule has 0 saturated carbocycles. The van der Waals surface area contributed by atoms with Crippen LogP contribution in [0.5, 0.6) is 11.5 Å². The molecular weight excluding hydrogens is 356 g/mol. The number of allylic oxidation sites excluding steroid dienone is 1. The fraction of sp³-hybridized carbons (Fsp3) is 0.227. The summed E-state index contributed by atoms with van der Waals surface area (Å²) < 4.78 is 11.4. The van der Waals surface area contributed by atoms with E-state index in [9.17, 15) is 9.90 Å². The normalized spacial score (nSPS) is 18.6. The summed E-state index contributed by atoms with van der Waals surface area (Å²) in [5.74, 6) is 0.774. The number of aromatic nitrogens is 1. The zero-order valence-electron chi connectivity index (χ0n) is 15.3. The second-order valence-corrected chi connectivity index (χ2v) is 7.21. The maximum absolute atomic E-state index is 12.9. The number of aromatic hydroxyl groups is 1. The Kier molecular flexibility index (Phi) is 4.15. The summed E-state index contributed by atoms with van der Waals surface area (Å²) in [6.07, 6.45) is 3.64. The lowest BCUT2D eigenvalue weighted by molar-refractivity contribution is -0.921. The summed E-state index contributed by atoms with van der Waals surface area (Å²) >= 11 is 0. The lowest BCUT2D eigenvalue weighted by Gasteiger charge is -2.24. The van der Waals surface area contributed by atoms with Crippen LogP contribution in [0.2, 0.25) is 0 Å². The van der Waals surface area contributed by atoms with E-state index in [0.29, 0.717) is 36.6 Å². The lowest BCUT2D eigenvalue weighted by atomic mass is 10.0. The maximum atomic E-state index is 12.9. The SMILES string of the molecule is O=C1/C(=C\c2c[nH]c3ccccc23)Oc2c1ccc(O)c2C[NH+]1CCOCC1. The number of hydrogen-bond acceptors (Lipinski definition) is 4. The first kappa shape index (κ1) is 17.0. The van der Waals surface area contributed by atoms with Crippen LogP contribution in [0.1, 0.15) is 21.5 Å². The zero-order chi connectivity index (χ0) is 19.1. The summed E-state index contributed by atoms with van der Waals surface area (Å²) in [7, 11) is 0. The number of phenolic OH excluding ortho intramolecular Hbond substituents is 1. The first-order valence-corrected chi connectivity index (χ1v) is 9.47. The van der Waals surface area contributed by atoms with Crippen molar-refractivity contribution in [1.82, 2.24) is 4.98 Å². The van der Waals surface area contributed by atoms with Crippen LogP contribution in [-0.4, -0.2) is 42.2 Å². The predicted molar refractivity (Wildman–Crippen MR) is 105 cm³/mol. The number of nitrogens with one attached hydrogen (secondary N) is 2. The molecule has 6 heteroatoms. The second-order valence-electron chi connectivity index (χ2n) is 7.21. The number of ether oxygens (including phenoxy) is 2. The molecule has 3 heterocycles. The van der Waals surface area contributed by atoms with Crippen molar-refractivity contribution in [2.45, 2.75) is 6.54 Å². The van der Waals surface area contributed by atoms with Crippen molar-refractivity contribution in [3.63, 3.8) is 0 Å². The summed E-state index contributed by atoms with van der Waals surface area (Å²) in [5, 5.41) is 11.4. The molecule has 28 heavy (non-hydrogen) atoms. The molecule has 2 aliphatic rings. The number of carbonyl (C=O) groups excluding carboxylic acids is 1. The van der Waals surface area contributed by atoms with Crippen LogP contribution >= 0.6 is 0 Å². The predicted octanol–water partition coefficient (Wildman–Crippen LogP) is 1.90. The molecule has 0 unspecified atom stereocenters. The quantitative estimate of drug-likeness (QED) is 0.610. The van der Waals surface area contributed by atoms with E-state index in [-0.39, 0.29) is 17.3 Å². The number of fused-ring (bicyclic) bond motifs is 2. The highest BCUT2D eigenvalue weighted by atomic mass is 16.5. The molecule has 3 N–H and O–H groups in total. The molecule has 1 saturated heterocycles. The van der Waals surface area contributed by atoms with Gasteiger partial charge in [0, 0.05) is 22.7 Å². The monoisotopic (exact) mass is 377 g/mol. The van der Waals surface area contributed by atoms with Gasteiger partial charge >= 0.3 is 0 Å². The molecule has 2 aliphatic heterocycles. The molecule has 0 atom stereocenters. The molecule has 5 rings (SSSR count). The highest BCUT2D eigenvalue weighted by Crippen LogP contribution is 2.39. The van der Waals surface area contributed by atoms with Crippen LogP contribution in [0.4, 0.5) is 0 Å². The minimum Gasteiger partial charge on any atom is -0.507 e. The van der Waals surface area contributed by atoms with E-state index in [4.69, 9.17) is 9.47 Å². The number of Topliss-reactive ketones (excluding diaryl/α,β-unsaturated/α-hetero) is 1. The first-order valence-electron chi connectivity index (χ1n) is 9.47. The van der Waals surface area contributed by atoms with Gasteiger partial charge < -0.3 is 24.5 Å². The molecule has 142 valence electrons. The fourth-order valence-corrected chi connectivity index (χ4v) is 3.91. The summed E-state index contributed by atoms with van der Waals surface area (Å²) in [5.41, 5.74) is 3.10. The highest BCUT2D eigenvalue weighted by molar-refractivity contribution is 6.15. The minimum absolute atomic E-state index is 0.154. The number of carbonyl (C=O) groups is 1. The Bertz CT molecular complexity index is 1090. The van der Waals surface area contributed by atoms with Gasteiger partial charge in [-0.25, -0.2) is 0 Å². The molecule has 2 aromatic carbocycles. The number of rotatable bonds is 3. The number of aromatic amines is 1. The fourth-order valence-electron chi connectivity index (χ4n) is 3.91. The number of para-hydroxylation sites is 1. The van der Waals surface area contributed by atoms with Gasteiger partial charge in [0.2, 0.25) is 5.78 Å². The van der Waals surface area contributed by atoms with E-state index in [2.05, 4.69) is 4.98 Å². The van der Waals surface area contributed by atoms with E-state index < -0.39 is 0 Å². The topological polar surface area (TPSA) is 76.0 Å². The smallest absolute Gasteiger partial charge is 0.231 e. The number of phenols is 1. The third-order valence-electron chi connectivity index (χ3n) is 5.45. The number of morpholine rings is 1. The van der Waals surface area contributed by atoms with Crippen molar-refractivity contribution in [3.05, 3.63) is 65.0 Å². The molecule has 0 radical (unpaired) electrons. The molecule has 0 amide bonds. The van der Waals surface area contributed by atoms with E-state index in [0.717, 1.165) is 29.6 Å². The number of benzene rings is 2. The molecule has 0 spiro atoms. The molecule has 0 aliphatic carbocycles. The van der Waals surface area contributed by atoms with Gasteiger partial charge in [0.15, 0.2) is 11.5 Å². The van der Waals surface area contributed by atoms with Gasteiger partial charge in [0.05, 0.1) is 24.3 Å². The Morgan fingerprint density at radius 2 is 1.96 bits per heavy atom. The average molecular weight is 377 g/mol. The lowest BCUT2D eigenvalue weighted by Crippen LogP contribution is -3.12. The van der Waals surface area contributed by atoms with Gasteiger partial charge in [-0.05, 0) is 24.3 Å². The highest BCUT2D eigenvalue weighted by Gasteiger charge is 2.33. The van der Waals surface area contributed by atoms with E-state index in [1.165, 1.54) is 4.90 Å². The van der Waals surface area contributed by atoms with Crippen LogP contribution in [0.3, 0.4) is 0 Å². The van der Waals surface area contributed by atoms with Crippen molar-refractivity contribution in [1.29, 1.82) is 0 Å². The largest absolute Gasteiger partial charge is 0.507 e. The maximum Gasteiger partial charge on any atom is 0.231 e. The van der Waals surface area contributed by atoms with Crippen molar-refractivity contribution in [3.8, 4) is 11.5 Å². The van der Waals surface area contributed by atoms with E-state index >= 15 is 0 Å². The Morgan fingerprint density at radius 1 is 1.14 bits per heavy atom. The zero-order valence-corrected chi connectivity index (χ0v) is 15.3. The van der Waals surface area contributed by atoms with Crippen LogP contribution in [0.15, 0.2) is 48.4 Å². The molecule has 6 nitrogen and oxygen atoms in total. The summed E-state index contributed by atoms with van der Waals surface area (Å²) in [6, 6.07) is 11.1. The number of quaternary nitrogens is 1. The second kappa shape index (κ2) is 6.82. The van der Waals surface area contributed by atoms with Gasteiger partial charge in [-0.2, -0.15) is 0 Å². The molecule has 1 aromatic heterocycles. The van der Waals surface area contributed by atoms with Gasteiger partial charge in [0.25, 0.3) is 0 Å². The molecule has 3 aromatic rings. The Hall–Kier alpha value is -3.09. The van der Waals surface area contributed by atoms with E-state index in [1.54, 1.807) is 18.2 Å². The number of H-pyrrole nitrogens is 1. The van der Waals surface area contributed by atoms with Gasteiger partial charge in [-0.1, -0.05) is 18.2 Å². The molecule has 0 bridgehead atoms. The summed E-state index contributed by atoms with van der Waals surface area (Å²) in [4.78, 5) is 17.4. The van der Waals surface area contributed by atoms with Gasteiger partial charge in [0.1, 0.15) is 25.4 Å². The van der Waals surface area contributed by atoms with Crippen molar-refractivity contribution < 1.29 is 24.3 Å². The van der Waals surface area contributed by atoms with Gasteiger partial charge in [-0.15, -0.1) is 0 Å².